The highest BCUT2D eigenvalue weighted by atomic mass is 16.6. The molecule has 0 unspecified atom stereocenters. The first-order valence-corrected chi connectivity index (χ1v) is 7.03. The van der Waals surface area contributed by atoms with Crippen LogP contribution in [0.25, 0.3) is 22.4 Å². The molecule has 0 saturated heterocycles. The van der Waals surface area contributed by atoms with E-state index < -0.39 is 4.92 Å². The minimum Gasteiger partial charge on any atom is -0.283 e. The zero-order valence-corrected chi connectivity index (χ0v) is 12.4. The van der Waals surface area contributed by atoms with E-state index in [4.69, 9.17) is 0 Å². The average molecular weight is 322 g/mol. The van der Waals surface area contributed by atoms with Gasteiger partial charge in [0.25, 0.3) is 17.0 Å². The number of rotatable bonds is 2. The fraction of sp³-hybridized carbons (Fsp3) is 0.0667. The van der Waals surface area contributed by atoms with Crippen LogP contribution in [0.3, 0.4) is 0 Å². The minimum atomic E-state index is -0.499. The van der Waals surface area contributed by atoms with Gasteiger partial charge in [0.15, 0.2) is 0 Å². The van der Waals surface area contributed by atoms with Gasteiger partial charge in [0, 0.05) is 18.3 Å². The van der Waals surface area contributed by atoms with Crippen LogP contribution < -0.4 is 5.56 Å². The lowest BCUT2D eigenvalue weighted by Gasteiger charge is -2.09. The molecule has 0 atom stereocenters. The van der Waals surface area contributed by atoms with Crippen LogP contribution in [0.2, 0.25) is 0 Å². The van der Waals surface area contributed by atoms with E-state index >= 15 is 0 Å². The highest BCUT2D eigenvalue weighted by molar-refractivity contribution is 5.82. The minimum absolute atomic E-state index is 0.0823. The molecule has 9 heteroatoms. The Balaban J connectivity index is 2.05. The van der Waals surface area contributed by atoms with Crippen molar-refractivity contribution in [2.45, 2.75) is 6.92 Å². The summed E-state index contributed by atoms with van der Waals surface area (Å²) in [6.07, 6.45) is 2.93. The monoisotopic (exact) mass is 322 g/mol. The number of aryl methyl sites for hydroxylation is 1. The van der Waals surface area contributed by atoms with Crippen molar-refractivity contribution in [2.75, 3.05) is 0 Å². The van der Waals surface area contributed by atoms with E-state index in [9.17, 15) is 14.9 Å². The van der Waals surface area contributed by atoms with Gasteiger partial charge in [-0.2, -0.15) is 14.6 Å². The third kappa shape index (κ3) is 1.95. The average Bonchev–Trinajstić information content (AvgIpc) is 3.03. The number of non-ortho nitro benzene ring substituents is 1. The predicted octanol–water partition coefficient (Wildman–Crippen LogP) is 1.65. The number of nitrogens with zero attached hydrogens (tertiary/aromatic N) is 6. The highest BCUT2D eigenvalue weighted by Crippen LogP contribution is 2.18. The van der Waals surface area contributed by atoms with Crippen LogP contribution in [-0.4, -0.2) is 29.1 Å². The molecule has 0 aliphatic rings. The summed E-state index contributed by atoms with van der Waals surface area (Å²) >= 11 is 0. The Morgan fingerprint density at radius 1 is 1.25 bits per heavy atom. The largest absolute Gasteiger partial charge is 0.283 e. The van der Waals surface area contributed by atoms with Gasteiger partial charge in [0.05, 0.1) is 27.2 Å². The van der Waals surface area contributed by atoms with Crippen LogP contribution in [0.4, 0.5) is 5.69 Å². The molecule has 9 nitrogen and oxygen atoms in total. The van der Waals surface area contributed by atoms with Crippen molar-refractivity contribution >= 4 is 22.4 Å². The fourth-order valence-corrected chi connectivity index (χ4v) is 2.69. The SMILES string of the molecule is Cc1nc2ncnn2c2ccn(-c3cccc([N+](=O)[O-])c3)c(=O)c12. The van der Waals surface area contributed by atoms with Crippen molar-refractivity contribution in [1.82, 2.24) is 24.1 Å². The summed E-state index contributed by atoms with van der Waals surface area (Å²) < 4.78 is 2.84. The Kier molecular flexibility index (Phi) is 2.89. The van der Waals surface area contributed by atoms with Crippen molar-refractivity contribution < 1.29 is 4.92 Å². The molecule has 0 radical (unpaired) electrons. The molecular weight excluding hydrogens is 312 g/mol. The second-order valence-corrected chi connectivity index (χ2v) is 5.20. The molecule has 0 amide bonds. The third-order valence-corrected chi connectivity index (χ3v) is 3.78. The molecule has 0 bridgehead atoms. The second-order valence-electron chi connectivity index (χ2n) is 5.20. The van der Waals surface area contributed by atoms with E-state index in [0.29, 0.717) is 28.1 Å². The molecule has 0 N–H and O–H groups in total. The molecule has 0 aliphatic heterocycles. The zero-order valence-electron chi connectivity index (χ0n) is 12.4. The van der Waals surface area contributed by atoms with Gasteiger partial charge in [-0.15, -0.1) is 0 Å². The second kappa shape index (κ2) is 4.95. The van der Waals surface area contributed by atoms with Crippen LogP contribution in [0, 0.1) is 17.0 Å². The summed E-state index contributed by atoms with van der Waals surface area (Å²) in [6.45, 7) is 1.72. The molecule has 0 spiro atoms. The number of pyridine rings is 1. The number of hydrogen-bond acceptors (Lipinski definition) is 6. The van der Waals surface area contributed by atoms with E-state index in [1.165, 1.54) is 33.6 Å². The Morgan fingerprint density at radius 2 is 2.08 bits per heavy atom. The van der Waals surface area contributed by atoms with Gasteiger partial charge in [-0.3, -0.25) is 19.5 Å². The highest BCUT2D eigenvalue weighted by Gasteiger charge is 2.14. The summed E-state index contributed by atoms with van der Waals surface area (Å²) in [7, 11) is 0. The maximum atomic E-state index is 12.9. The molecule has 1 aromatic carbocycles. The van der Waals surface area contributed by atoms with Gasteiger partial charge >= 0.3 is 0 Å². The van der Waals surface area contributed by atoms with Crippen LogP contribution in [0.1, 0.15) is 5.69 Å². The van der Waals surface area contributed by atoms with Crippen LogP contribution in [0.5, 0.6) is 0 Å². The Labute approximate surface area is 134 Å². The molecular formula is C15H10N6O3. The Bertz CT molecular complexity index is 1180. The molecule has 0 fully saturated rings. The molecule has 4 rings (SSSR count). The molecule has 3 aromatic heterocycles. The molecule has 3 heterocycles. The van der Waals surface area contributed by atoms with Crippen molar-refractivity contribution in [1.29, 1.82) is 0 Å². The summed E-state index contributed by atoms with van der Waals surface area (Å²) in [6, 6.07) is 7.62. The molecule has 24 heavy (non-hydrogen) atoms. The van der Waals surface area contributed by atoms with Crippen molar-refractivity contribution in [3.05, 3.63) is 69.0 Å². The van der Waals surface area contributed by atoms with Gasteiger partial charge < -0.3 is 0 Å². The van der Waals surface area contributed by atoms with Gasteiger partial charge in [-0.1, -0.05) is 6.07 Å². The maximum Gasteiger partial charge on any atom is 0.271 e. The van der Waals surface area contributed by atoms with E-state index in [1.807, 2.05) is 0 Å². The smallest absolute Gasteiger partial charge is 0.271 e. The quantitative estimate of drug-likeness (QED) is 0.410. The molecule has 0 saturated carbocycles. The van der Waals surface area contributed by atoms with Crippen LogP contribution in [0.15, 0.2) is 47.7 Å². The fourth-order valence-electron chi connectivity index (χ4n) is 2.69. The Morgan fingerprint density at radius 3 is 2.88 bits per heavy atom. The summed E-state index contributed by atoms with van der Waals surface area (Å²) in [4.78, 5) is 31.6. The van der Waals surface area contributed by atoms with Gasteiger partial charge in [0.1, 0.15) is 6.33 Å². The summed E-state index contributed by atoms with van der Waals surface area (Å²) in [5, 5.41) is 15.4. The van der Waals surface area contributed by atoms with Crippen LogP contribution in [-0.2, 0) is 0 Å². The maximum absolute atomic E-state index is 12.9. The number of nitro groups is 1. The number of fused-ring (bicyclic) bond motifs is 3. The standard InChI is InChI=1S/C15H10N6O3/c1-9-13-12(20-15(18-9)16-8-17-20)5-6-19(14(13)22)10-3-2-4-11(7-10)21(23)24/h2-8H,1H3. The molecule has 4 aromatic rings. The lowest BCUT2D eigenvalue weighted by atomic mass is 10.2. The molecule has 118 valence electrons. The third-order valence-electron chi connectivity index (χ3n) is 3.78. The van der Waals surface area contributed by atoms with E-state index in [-0.39, 0.29) is 11.2 Å². The van der Waals surface area contributed by atoms with E-state index in [0.717, 1.165) is 0 Å². The number of nitro benzene ring substituents is 1. The summed E-state index contributed by atoms with van der Waals surface area (Å²) in [5.41, 5.74) is 1.11. The molecule has 0 aliphatic carbocycles. The zero-order chi connectivity index (χ0) is 16.8. The normalized spacial score (nSPS) is 11.2. The predicted molar refractivity (Wildman–Crippen MR) is 85.3 cm³/mol. The first-order chi connectivity index (χ1) is 11.6. The lowest BCUT2D eigenvalue weighted by molar-refractivity contribution is -0.384. The topological polar surface area (TPSA) is 108 Å². The van der Waals surface area contributed by atoms with Crippen molar-refractivity contribution in [3.63, 3.8) is 0 Å². The number of hydrogen-bond donors (Lipinski definition) is 0. The van der Waals surface area contributed by atoms with Gasteiger partial charge in [-0.25, -0.2) is 4.98 Å². The lowest BCUT2D eigenvalue weighted by Crippen LogP contribution is -2.20. The van der Waals surface area contributed by atoms with Crippen molar-refractivity contribution in [3.8, 4) is 5.69 Å². The van der Waals surface area contributed by atoms with E-state index in [1.54, 1.807) is 25.3 Å². The van der Waals surface area contributed by atoms with E-state index in [2.05, 4.69) is 15.1 Å². The summed E-state index contributed by atoms with van der Waals surface area (Å²) in [5.74, 6) is 0.410. The van der Waals surface area contributed by atoms with Gasteiger partial charge in [-0.05, 0) is 19.1 Å². The number of aromatic nitrogens is 5. The van der Waals surface area contributed by atoms with Crippen molar-refractivity contribution in [2.24, 2.45) is 0 Å². The first kappa shape index (κ1) is 14.0. The number of benzene rings is 1. The first-order valence-electron chi connectivity index (χ1n) is 7.03. The Hall–Kier alpha value is -3.62. The van der Waals surface area contributed by atoms with Crippen LogP contribution >= 0.6 is 0 Å². The van der Waals surface area contributed by atoms with Gasteiger partial charge in [0.2, 0.25) is 0 Å².